The van der Waals surface area contributed by atoms with Crippen LogP contribution >= 0.6 is 0 Å². The Kier molecular flexibility index (Phi) is 5.62. The Hall–Kier alpha value is -1.07. The molecule has 2 N–H and O–H groups in total. The average Bonchev–Trinajstić information content (AvgIpc) is 2.33. The molecule has 0 aliphatic rings. The van der Waals surface area contributed by atoms with E-state index in [2.05, 4.69) is 5.32 Å². The normalized spacial score (nSPS) is 13.6. The van der Waals surface area contributed by atoms with Crippen LogP contribution in [0.4, 0.5) is 13.2 Å². The van der Waals surface area contributed by atoms with Crippen LogP contribution in [0.2, 0.25) is 0 Å². The molecule has 0 aliphatic carbocycles. The van der Waals surface area contributed by atoms with Crippen LogP contribution in [0, 0.1) is 0 Å². The van der Waals surface area contributed by atoms with Gasteiger partial charge in [-0.3, -0.25) is 0 Å². The van der Waals surface area contributed by atoms with E-state index in [0.29, 0.717) is 18.5 Å². The number of alkyl halides is 3. The van der Waals surface area contributed by atoms with Crippen molar-refractivity contribution in [3.8, 4) is 0 Å². The van der Waals surface area contributed by atoms with E-state index in [1.807, 2.05) is 6.92 Å². The van der Waals surface area contributed by atoms with Gasteiger partial charge in [-0.25, -0.2) is 0 Å². The zero-order valence-electron chi connectivity index (χ0n) is 10.3. The first kappa shape index (κ1) is 15.0. The maximum absolute atomic E-state index is 12.5. The highest BCUT2D eigenvalue weighted by atomic mass is 19.4. The predicted molar refractivity (Wildman–Crippen MR) is 64.1 cm³/mol. The second-order valence-electron chi connectivity index (χ2n) is 4.35. The van der Waals surface area contributed by atoms with Gasteiger partial charge in [0, 0.05) is 19.2 Å². The molecule has 0 aliphatic heterocycles. The van der Waals surface area contributed by atoms with Crippen LogP contribution in [0.25, 0.3) is 0 Å². The highest BCUT2D eigenvalue weighted by Crippen LogP contribution is 2.29. The molecule has 102 valence electrons. The van der Waals surface area contributed by atoms with Gasteiger partial charge >= 0.3 is 6.18 Å². The van der Waals surface area contributed by atoms with Crippen molar-refractivity contribution in [2.45, 2.75) is 38.5 Å². The van der Waals surface area contributed by atoms with Crippen LogP contribution in [-0.2, 0) is 12.7 Å². The highest BCUT2D eigenvalue weighted by molar-refractivity contribution is 5.25. The standard InChI is InChI=1S/C13H18F3NO/c1-10(4-3-7-18)17-9-11-5-2-6-12(8-11)13(14,15)16/h2,5-6,8,10,17-18H,3-4,7,9H2,1H3. The molecule has 0 saturated heterocycles. The predicted octanol–water partition coefficient (Wildman–Crippen LogP) is 2.96. The van der Waals surface area contributed by atoms with Gasteiger partial charge in [-0.15, -0.1) is 0 Å². The summed E-state index contributed by atoms with van der Waals surface area (Å²) >= 11 is 0. The van der Waals surface area contributed by atoms with Crippen molar-refractivity contribution in [1.82, 2.24) is 5.32 Å². The topological polar surface area (TPSA) is 32.3 Å². The van der Waals surface area contributed by atoms with Gasteiger partial charge in [0.1, 0.15) is 0 Å². The second kappa shape index (κ2) is 6.75. The van der Waals surface area contributed by atoms with Gasteiger partial charge in [-0.2, -0.15) is 13.2 Å². The minimum atomic E-state index is -4.29. The summed E-state index contributed by atoms with van der Waals surface area (Å²) in [6, 6.07) is 5.48. The fourth-order valence-electron chi connectivity index (χ4n) is 1.65. The van der Waals surface area contributed by atoms with Gasteiger partial charge < -0.3 is 10.4 Å². The Labute approximate surface area is 105 Å². The molecule has 0 aromatic heterocycles. The molecule has 0 amide bonds. The summed E-state index contributed by atoms with van der Waals surface area (Å²) in [4.78, 5) is 0. The zero-order chi connectivity index (χ0) is 13.6. The minimum Gasteiger partial charge on any atom is -0.396 e. The number of rotatable bonds is 6. The molecular formula is C13H18F3NO. The van der Waals surface area contributed by atoms with Gasteiger partial charge in [0.2, 0.25) is 0 Å². The molecule has 0 saturated carbocycles. The van der Waals surface area contributed by atoms with Crippen LogP contribution in [-0.4, -0.2) is 17.8 Å². The molecule has 0 bridgehead atoms. The van der Waals surface area contributed by atoms with E-state index in [1.54, 1.807) is 6.07 Å². The van der Waals surface area contributed by atoms with Crippen molar-refractivity contribution >= 4 is 0 Å². The molecule has 1 aromatic rings. The molecule has 0 spiro atoms. The molecule has 5 heteroatoms. The summed E-state index contributed by atoms with van der Waals surface area (Å²) in [5.74, 6) is 0. The Morgan fingerprint density at radius 3 is 2.67 bits per heavy atom. The van der Waals surface area contributed by atoms with Crippen molar-refractivity contribution in [2.75, 3.05) is 6.61 Å². The van der Waals surface area contributed by atoms with Crippen molar-refractivity contribution in [2.24, 2.45) is 0 Å². The van der Waals surface area contributed by atoms with E-state index in [1.165, 1.54) is 6.07 Å². The summed E-state index contributed by atoms with van der Waals surface area (Å²) < 4.78 is 37.5. The summed E-state index contributed by atoms with van der Waals surface area (Å²) in [7, 11) is 0. The molecule has 0 radical (unpaired) electrons. The average molecular weight is 261 g/mol. The number of aliphatic hydroxyl groups is 1. The molecule has 1 aromatic carbocycles. The first-order valence-electron chi connectivity index (χ1n) is 5.94. The van der Waals surface area contributed by atoms with Crippen molar-refractivity contribution in [1.29, 1.82) is 0 Å². The van der Waals surface area contributed by atoms with Gasteiger partial charge in [-0.05, 0) is 31.4 Å². The SMILES string of the molecule is CC(CCCO)NCc1cccc(C(F)(F)F)c1. The Morgan fingerprint density at radius 1 is 1.33 bits per heavy atom. The van der Waals surface area contributed by atoms with Crippen LogP contribution in [0.1, 0.15) is 30.9 Å². The number of hydrogen-bond acceptors (Lipinski definition) is 2. The number of aliphatic hydroxyl groups excluding tert-OH is 1. The van der Waals surface area contributed by atoms with E-state index in [4.69, 9.17) is 5.11 Å². The van der Waals surface area contributed by atoms with Crippen molar-refractivity contribution in [3.63, 3.8) is 0 Å². The number of benzene rings is 1. The fourth-order valence-corrected chi connectivity index (χ4v) is 1.65. The lowest BCUT2D eigenvalue weighted by Crippen LogP contribution is -2.25. The fraction of sp³-hybridized carbons (Fsp3) is 0.538. The number of halogens is 3. The van der Waals surface area contributed by atoms with Crippen LogP contribution in [0.5, 0.6) is 0 Å². The molecule has 0 fully saturated rings. The molecule has 2 nitrogen and oxygen atoms in total. The van der Waals surface area contributed by atoms with Crippen molar-refractivity contribution < 1.29 is 18.3 Å². The third-order valence-corrected chi connectivity index (χ3v) is 2.70. The van der Waals surface area contributed by atoms with Gasteiger partial charge in [0.05, 0.1) is 5.56 Å². The second-order valence-corrected chi connectivity index (χ2v) is 4.35. The summed E-state index contributed by atoms with van der Waals surface area (Å²) in [6.07, 6.45) is -2.80. The smallest absolute Gasteiger partial charge is 0.396 e. The van der Waals surface area contributed by atoms with Crippen LogP contribution in [0.15, 0.2) is 24.3 Å². The lowest BCUT2D eigenvalue weighted by molar-refractivity contribution is -0.137. The van der Waals surface area contributed by atoms with Crippen LogP contribution in [0.3, 0.4) is 0 Å². The Balaban J connectivity index is 2.52. The number of hydrogen-bond donors (Lipinski definition) is 2. The largest absolute Gasteiger partial charge is 0.416 e. The zero-order valence-corrected chi connectivity index (χ0v) is 10.3. The monoisotopic (exact) mass is 261 g/mol. The molecule has 1 atom stereocenters. The summed E-state index contributed by atoms with van der Waals surface area (Å²) in [5.41, 5.74) is -0.00881. The lowest BCUT2D eigenvalue weighted by atomic mass is 10.1. The quantitative estimate of drug-likeness (QED) is 0.825. The van der Waals surface area contributed by atoms with Gasteiger partial charge in [-0.1, -0.05) is 18.2 Å². The molecule has 18 heavy (non-hydrogen) atoms. The third kappa shape index (κ3) is 5.06. The molecule has 1 rings (SSSR count). The first-order valence-corrected chi connectivity index (χ1v) is 5.94. The Bertz CT molecular complexity index is 365. The highest BCUT2D eigenvalue weighted by Gasteiger charge is 2.30. The molecular weight excluding hydrogens is 243 g/mol. The summed E-state index contributed by atoms with van der Waals surface area (Å²) in [5, 5.41) is 11.8. The Morgan fingerprint density at radius 2 is 2.06 bits per heavy atom. The third-order valence-electron chi connectivity index (χ3n) is 2.70. The van der Waals surface area contributed by atoms with E-state index < -0.39 is 11.7 Å². The van der Waals surface area contributed by atoms with Gasteiger partial charge in [0.25, 0.3) is 0 Å². The van der Waals surface area contributed by atoms with E-state index in [0.717, 1.165) is 18.6 Å². The summed E-state index contributed by atoms with van der Waals surface area (Å²) in [6.45, 7) is 2.48. The first-order chi connectivity index (χ1) is 8.43. The van der Waals surface area contributed by atoms with Crippen LogP contribution < -0.4 is 5.32 Å². The maximum Gasteiger partial charge on any atom is 0.416 e. The molecule has 0 heterocycles. The maximum atomic E-state index is 12.5. The van der Waals surface area contributed by atoms with E-state index in [9.17, 15) is 13.2 Å². The minimum absolute atomic E-state index is 0.135. The van der Waals surface area contributed by atoms with E-state index in [-0.39, 0.29) is 12.6 Å². The van der Waals surface area contributed by atoms with E-state index >= 15 is 0 Å². The van der Waals surface area contributed by atoms with Gasteiger partial charge in [0.15, 0.2) is 0 Å². The number of nitrogens with one attached hydrogen (secondary N) is 1. The van der Waals surface area contributed by atoms with Crippen molar-refractivity contribution in [3.05, 3.63) is 35.4 Å². The molecule has 1 unspecified atom stereocenters. The lowest BCUT2D eigenvalue weighted by Gasteiger charge is -2.14.